The molecule has 0 bridgehead atoms. The minimum Gasteiger partial charge on any atom is -0.334 e. The van der Waals surface area contributed by atoms with E-state index in [9.17, 15) is 0 Å². The van der Waals surface area contributed by atoms with Crippen molar-refractivity contribution in [2.24, 2.45) is 4.99 Å². The van der Waals surface area contributed by atoms with Crippen molar-refractivity contribution in [1.29, 1.82) is 5.26 Å². The zero-order valence-electron chi connectivity index (χ0n) is 9.11. The van der Waals surface area contributed by atoms with Gasteiger partial charge in [0.2, 0.25) is 6.19 Å². The van der Waals surface area contributed by atoms with Gasteiger partial charge in [-0.15, -0.1) is 11.4 Å². The summed E-state index contributed by atoms with van der Waals surface area (Å²) in [6, 6.07) is 5.66. The Hall–Kier alpha value is -1.91. The first-order valence-corrected chi connectivity index (χ1v) is 5.78. The van der Waals surface area contributed by atoms with Gasteiger partial charge in [0.1, 0.15) is 0 Å². The summed E-state index contributed by atoms with van der Waals surface area (Å²) in [5, 5.41) is 12.1. The molecule has 0 aliphatic heterocycles. The number of nitriles is 1. The minimum atomic E-state index is 0.565. The van der Waals surface area contributed by atoms with E-state index in [1.54, 1.807) is 6.19 Å². The molecule has 0 unspecified atom stereocenters. The minimum absolute atomic E-state index is 0.565. The lowest BCUT2D eigenvalue weighted by Gasteiger charge is -2.07. The Labute approximate surface area is 99.6 Å². The van der Waals surface area contributed by atoms with E-state index < -0.39 is 0 Å². The third-order valence-electron chi connectivity index (χ3n) is 1.98. The molecule has 0 atom stereocenters. The van der Waals surface area contributed by atoms with Crippen molar-refractivity contribution >= 4 is 22.6 Å². The Balaban J connectivity index is 2.92. The summed E-state index contributed by atoms with van der Waals surface area (Å²) in [5.41, 5.74) is 2.76. The molecule has 1 rings (SSSR count). The summed E-state index contributed by atoms with van der Waals surface area (Å²) in [6.07, 6.45) is 8.94. The first kappa shape index (κ1) is 12.2. The van der Waals surface area contributed by atoms with Gasteiger partial charge in [-0.3, -0.25) is 0 Å². The van der Waals surface area contributed by atoms with Crippen LogP contribution in [0.2, 0.25) is 0 Å². The SMILES string of the molecule is C#Cc1ccc(N/C(=N/C#N)SC)cc1C. The Morgan fingerprint density at radius 1 is 1.56 bits per heavy atom. The molecule has 0 spiro atoms. The number of nitrogens with one attached hydrogen (secondary N) is 1. The fourth-order valence-electron chi connectivity index (χ4n) is 1.20. The molecule has 3 nitrogen and oxygen atoms in total. The topological polar surface area (TPSA) is 48.2 Å². The van der Waals surface area contributed by atoms with Gasteiger partial charge in [0.25, 0.3) is 0 Å². The molecule has 1 aromatic rings. The molecule has 1 aromatic carbocycles. The summed E-state index contributed by atoms with van der Waals surface area (Å²) in [4.78, 5) is 3.64. The molecular weight excluding hydrogens is 218 g/mol. The number of hydrogen-bond acceptors (Lipinski definition) is 3. The second-order valence-electron chi connectivity index (χ2n) is 3.02. The summed E-state index contributed by atoms with van der Waals surface area (Å²) in [5.74, 6) is 2.60. The van der Waals surface area contributed by atoms with Gasteiger partial charge in [0.15, 0.2) is 5.17 Å². The number of thioether (sulfide) groups is 1. The van der Waals surface area contributed by atoms with Crippen LogP contribution in [-0.4, -0.2) is 11.4 Å². The van der Waals surface area contributed by atoms with Crippen LogP contribution >= 0.6 is 11.8 Å². The highest BCUT2D eigenvalue weighted by Gasteiger charge is 2.00. The first-order chi connectivity index (χ1) is 7.71. The van der Waals surface area contributed by atoms with E-state index in [1.807, 2.05) is 31.4 Å². The smallest absolute Gasteiger partial charge is 0.208 e. The van der Waals surface area contributed by atoms with Gasteiger partial charge in [-0.2, -0.15) is 5.26 Å². The Bertz CT molecular complexity index is 492. The van der Waals surface area contributed by atoms with Crippen molar-refractivity contribution in [3.05, 3.63) is 29.3 Å². The first-order valence-electron chi connectivity index (χ1n) is 4.56. The third-order valence-corrected chi connectivity index (χ3v) is 2.56. The zero-order chi connectivity index (χ0) is 12.0. The lowest BCUT2D eigenvalue weighted by atomic mass is 10.1. The van der Waals surface area contributed by atoms with Crippen molar-refractivity contribution < 1.29 is 0 Å². The van der Waals surface area contributed by atoms with Crippen molar-refractivity contribution in [2.75, 3.05) is 11.6 Å². The summed E-state index contributed by atoms with van der Waals surface area (Å²) < 4.78 is 0. The maximum Gasteiger partial charge on any atom is 0.208 e. The maximum atomic E-state index is 8.47. The van der Waals surface area contributed by atoms with Gasteiger partial charge in [0.05, 0.1) is 0 Å². The zero-order valence-corrected chi connectivity index (χ0v) is 9.93. The standard InChI is InChI=1S/C12H11N3S/c1-4-10-5-6-11(7-9(10)2)15-12(16-3)14-8-13/h1,5-7H,2-3H3,(H,14,15). The highest BCUT2D eigenvalue weighted by molar-refractivity contribution is 8.13. The predicted molar refractivity (Wildman–Crippen MR) is 69.3 cm³/mol. The molecule has 80 valence electrons. The molecule has 0 amide bonds. The van der Waals surface area contributed by atoms with E-state index in [4.69, 9.17) is 11.7 Å². The molecule has 0 saturated carbocycles. The van der Waals surface area contributed by atoms with Crippen LogP contribution in [0.1, 0.15) is 11.1 Å². The quantitative estimate of drug-likeness (QED) is 0.348. The molecule has 0 fully saturated rings. The average molecular weight is 229 g/mol. The number of terminal acetylenes is 1. The van der Waals surface area contributed by atoms with E-state index in [0.29, 0.717) is 5.17 Å². The van der Waals surface area contributed by atoms with Crippen LogP contribution in [0.5, 0.6) is 0 Å². The maximum absolute atomic E-state index is 8.47. The number of nitrogens with zero attached hydrogens (tertiary/aromatic N) is 2. The fourth-order valence-corrected chi connectivity index (χ4v) is 1.55. The molecule has 0 radical (unpaired) electrons. The van der Waals surface area contributed by atoms with Crippen LogP contribution in [0.25, 0.3) is 0 Å². The lowest BCUT2D eigenvalue weighted by molar-refractivity contribution is 1.42. The number of anilines is 1. The fraction of sp³-hybridized carbons (Fsp3) is 0.167. The van der Waals surface area contributed by atoms with Crippen LogP contribution in [0, 0.1) is 30.7 Å². The van der Waals surface area contributed by atoms with Crippen molar-refractivity contribution in [3.8, 4) is 18.5 Å². The predicted octanol–water partition coefficient (Wildman–Crippen LogP) is 2.59. The normalized spacial score (nSPS) is 10.4. The van der Waals surface area contributed by atoms with Crippen molar-refractivity contribution in [3.63, 3.8) is 0 Å². The van der Waals surface area contributed by atoms with Crippen molar-refractivity contribution in [1.82, 2.24) is 0 Å². The highest BCUT2D eigenvalue weighted by atomic mass is 32.2. The van der Waals surface area contributed by atoms with Crippen molar-refractivity contribution in [2.45, 2.75) is 6.92 Å². The average Bonchev–Trinajstić information content (AvgIpc) is 2.28. The molecule has 1 N–H and O–H groups in total. The van der Waals surface area contributed by atoms with E-state index in [0.717, 1.165) is 16.8 Å². The van der Waals surface area contributed by atoms with Gasteiger partial charge < -0.3 is 5.32 Å². The molecule has 0 aliphatic carbocycles. The molecule has 4 heteroatoms. The van der Waals surface area contributed by atoms with Gasteiger partial charge in [-0.25, -0.2) is 0 Å². The summed E-state index contributed by atoms with van der Waals surface area (Å²) in [7, 11) is 0. The van der Waals surface area contributed by atoms with E-state index >= 15 is 0 Å². The highest BCUT2D eigenvalue weighted by Crippen LogP contribution is 2.15. The molecule has 0 aromatic heterocycles. The monoisotopic (exact) mass is 229 g/mol. The largest absolute Gasteiger partial charge is 0.334 e. The Morgan fingerprint density at radius 2 is 2.31 bits per heavy atom. The molecule has 0 saturated heterocycles. The molecular formula is C12H11N3S. The second-order valence-corrected chi connectivity index (χ2v) is 3.82. The number of aryl methyl sites for hydroxylation is 1. The van der Waals surface area contributed by atoms with Crippen LogP contribution in [0.15, 0.2) is 23.2 Å². The van der Waals surface area contributed by atoms with Crippen LogP contribution in [0.4, 0.5) is 5.69 Å². The Kier molecular flexibility index (Phi) is 4.44. The van der Waals surface area contributed by atoms with Crippen LogP contribution in [0.3, 0.4) is 0 Å². The lowest BCUT2D eigenvalue weighted by Crippen LogP contribution is -2.06. The summed E-state index contributed by atoms with van der Waals surface area (Å²) in [6.45, 7) is 1.95. The third kappa shape index (κ3) is 3.05. The van der Waals surface area contributed by atoms with E-state index in [1.165, 1.54) is 11.8 Å². The molecule has 0 aliphatic rings. The second kappa shape index (κ2) is 5.85. The number of amidine groups is 1. The summed E-state index contributed by atoms with van der Waals surface area (Å²) >= 11 is 1.38. The van der Waals surface area contributed by atoms with E-state index in [2.05, 4.69) is 16.2 Å². The number of aliphatic imine (C=N–C) groups is 1. The Morgan fingerprint density at radius 3 is 2.81 bits per heavy atom. The molecule has 0 heterocycles. The number of hydrogen-bond donors (Lipinski definition) is 1. The van der Waals surface area contributed by atoms with E-state index in [-0.39, 0.29) is 0 Å². The van der Waals surface area contributed by atoms with Gasteiger partial charge >= 0.3 is 0 Å². The number of rotatable bonds is 1. The van der Waals surface area contributed by atoms with Crippen LogP contribution in [-0.2, 0) is 0 Å². The molecule has 16 heavy (non-hydrogen) atoms. The van der Waals surface area contributed by atoms with Gasteiger partial charge in [-0.1, -0.05) is 17.7 Å². The van der Waals surface area contributed by atoms with Gasteiger partial charge in [-0.05, 0) is 36.9 Å². The van der Waals surface area contributed by atoms with Gasteiger partial charge in [0, 0.05) is 11.3 Å². The number of benzene rings is 1. The van der Waals surface area contributed by atoms with Crippen LogP contribution < -0.4 is 5.32 Å².